The number of aliphatic hydroxyl groups excluding tert-OH is 4. The quantitative estimate of drug-likeness (QED) is 0.331. The number of benzene rings is 2. The van der Waals surface area contributed by atoms with Crippen LogP contribution in [0.15, 0.2) is 51.7 Å². The molecule has 0 radical (unpaired) electrons. The van der Waals surface area contributed by atoms with Gasteiger partial charge in [-0.15, -0.1) is 0 Å². The van der Waals surface area contributed by atoms with Crippen molar-refractivity contribution in [2.45, 2.75) is 30.7 Å². The molecular weight excluding hydrogens is 412 g/mol. The summed E-state index contributed by atoms with van der Waals surface area (Å²) in [4.78, 5) is 12.4. The number of ether oxygens (including phenoxy) is 2. The molecule has 3 aromatic rings. The summed E-state index contributed by atoms with van der Waals surface area (Å²) in [6, 6.07) is 9.76. The van der Waals surface area contributed by atoms with Crippen molar-refractivity contribution in [1.29, 1.82) is 0 Å². The SMILES string of the molecule is O=c1c(O)c(-c2ccc(OC3OC(CO)C(O)C(O)C3O)cc2)oc2cc(O)ccc12. The van der Waals surface area contributed by atoms with E-state index in [0.29, 0.717) is 5.56 Å². The van der Waals surface area contributed by atoms with Gasteiger partial charge in [-0.25, -0.2) is 0 Å². The Morgan fingerprint density at radius 2 is 1.65 bits per heavy atom. The maximum absolute atomic E-state index is 12.4. The average Bonchev–Trinajstić information content (AvgIpc) is 2.77. The number of aromatic hydroxyl groups is 2. The van der Waals surface area contributed by atoms with Gasteiger partial charge in [-0.2, -0.15) is 0 Å². The summed E-state index contributed by atoms with van der Waals surface area (Å²) in [6.45, 7) is -0.584. The molecule has 10 nitrogen and oxygen atoms in total. The van der Waals surface area contributed by atoms with Gasteiger partial charge >= 0.3 is 0 Å². The van der Waals surface area contributed by atoms with E-state index in [1.807, 2.05) is 0 Å². The van der Waals surface area contributed by atoms with E-state index in [2.05, 4.69) is 0 Å². The zero-order valence-electron chi connectivity index (χ0n) is 16.0. The Kier molecular flexibility index (Phi) is 5.56. The molecule has 164 valence electrons. The maximum Gasteiger partial charge on any atom is 0.235 e. The van der Waals surface area contributed by atoms with Crippen LogP contribution < -0.4 is 10.2 Å². The van der Waals surface area contributed by atoms with Gasteiger partial charge in [0.15, 0.2) is 5.76 Å². The highest BCUT2D eigenvalue weighted by atomic mass is 16.7. The van der Waals surface area contributed by atoms with Crippen molar-refractivity contribution >= 4 is 11.0 Å². The normalized spacial score (nSPS) is 26.1. The van der Waals surface area contributed by atoms with E-state index in [4.69, 9.17) is 13.9 Å². The number of hydrogen-bond acceptors (Lipinski definition) is 10. The molecule has 0 spiro atoms. The Hall–Kier alpha value is -3.15. The smallest absolute Gasteiger partial charge is 0.235 e. The van der Waals surface area contributed by atoms with Gasteiger partial charge in [0.1, 0.15) is 41.5 Å². The monoisotopic (exact) mass is 432 g/mol. The Labute approximate surface area is 174 Å². The summed E-state index contributed by atoms with van der Waals surface area (Å²) in [5.74, 6) is -0.604. The number of aliphatic hydroxyl groups is 4. The molecule has 5 atom stereocenters. The fraction of sp³-hybridized carbons (Fsp3) is 0.286. The first-order valence-corrected chi connectivity index (χ1v) is 9.36. The molecule has 4 rings (SSSR count). The summed E-state index contributed by atoms with van der Waals surface area (Å²) in [7, 11) is 0. The van der Waals surface area contributed by atoms with E-state index in [0.717, 1.165) is 0 Å². The van der Waals surface area contributed by atoms with Crippen molar-refractivity contribution in [3.05, 3.63) is 52.7 Å². The number of rotatable bonds is 4. The summed E-state index contributed by atoms with van der Waals surface area (Å²) in [5.41, 5.74) is -0.224. The van der Waals surface area contributed by atoms with Crippen LogP contribution in [0, 0.1) is 0 Å². The molecule has 0 saturated carbocycles. The zero-order valence-corrected chi connectivity index (χ0v) is 16.0. The molecule has 0 bridgehead atoms. The highest BCUT2D eigenvalue weighted by Crippen LogP contribution is 2.33. The minimum Gasteiger partial charge on any atom is -0.508 e. The highest BCUT2D eigenvalue weighted by Gasteiger charge is 2.44. The summed E-state index contributed by atoms with van der Waals surface area (Å²) < 4.78 is 16.4. The number of hydrogen-bond donors (Lipinski definition) is 6. The molecule has 5 unspecified atom stereocenters. The van der Waals surface area contributed by atoms with Crippen LogP contribution in [-0.2, 0) is 4.74 Å². The first-order chi connectivity index (χ1) is 14.8. The van der Waals surface area contributed by atoms with Crippen molar-refractivity contribution in [2.24, 2.45) is 0 Å². The molecule has 6 N–H and O–H groups in total. The van der Waals surface area contributed by atoms with Crippen LogP contribution in [0.25, 0.3) is 22.3 Å². The van der Waals surface area contributed by atoms with Crippen LogP contribution >= 0.6 is 0 Å². The molecule has 1 saturated heterocycles. The van der Waals surface area contributed by atoms with E-state index in [9.17, 15) is 35.4 Å². The first kappa shape index (κ1) is 21.1. The molecule has 2 heterocycles. The van der Waals surface area contributed by atoms with Gasteiger partial charge in [0.25, 0.3) is 0 Å². The lowest BCUT2D eigenvalue weighted by Gasteiger charge is -2.39. The molecule has 1 aliphatic rings. The largest absolute Gasteiger partial charge is 0.508 e. The summed E-state index contributed by atoms with van der Waals surface area (Å²) >= 11 is 0. The third kappa shape index (κ3) is 3.82. The first-order valence-electron chi connectivity index (χ1n) is 9.36. The molecule has 2 aromatic carbocycles. The van der Waals surface area contributed by atoms with Gasteiger partial charge in [-0.3, -0.25) is 4.79 Å². The molecule has 31 heavy (non-hydrogen) atoms. The van der Waals surface area contributed by atoms with Gasteiger partial charge in [0, 0.05) is 11.6 Å². The third-order valence-corrected chi connectivity index (χ3v) is 5.07. The van der Waals surface area contributed by atoms with Crippen LogP contribution in [0.1, 0.15) is 0 Å². The number of phenolic OH excluding ortho intramolecular Hbond substituents is 1. The molecule has 10 heteroatoms. The van der Waals surface area contributed by atoms with Gasteiger partial charge in [-0.1, -0.05) is 0 Å². The minimum absolute atomic E-state index is 0.0967. The predicted octanol–water partition coefficient (Wildman–Crippen LogP) is 0.0499. The summed E-state index contributed by atoms with van der Waals surface area (Å²) in [6.07, 6.45) is -7.09. The minimum atomic E-state index is -1.57. The van der Waals surface area contributed by atoms with E-state index < -0.39 is 48.5 Å². The molecular formula is C21H20O10. The standard InChI is InChI=1S/C21H20O10/c22-8-14-16(25)17(26)19(28)21(31-14)29-11-4-1-9(2-5-11)20-18(27)15(24)12-6-3-10(23)7-13(12)30-20/h1-7,14,16-17,19,21-23,25-28H,8H2. The maximum atomic E-state index is 12.4. The molecule has 1 fully saturated rings. The van der Waals surface area contributed by atoms with E-state index in [1.165, 1.54) is 42.5 Å². The van der Waals surface area contributed by atoms with Gasteiger partial charge in [-0.05, 0) is 36.4 Å². The van der Waals surface area contributed by atoms with E-state index >= 15 is 0 Å². The van der Waals surface area contributed by atoms with Crippen molar-refractivity contribution in [3.8, 4) is 28.6 Å². The highest BCUT2D eigenvalue weighted by molar-refractivity contribution is 5.82. The summed E-state index contributed by atoms with van der Waals surface area (Å²) in [5, 5.41) is 59.0. The number of phenols is 1. The lowest BCUT2D eigenvalue weighted by Crippen LogP contribution is -2.60. The second-order valence-corrected chi connectivity index (χ2v) is 7.13. The van der Waals surface area contributed by atoms with E-state index in [-0.39, 0.29) is 28.2 Å². The zero-order chi connectivity index (χ0) is 22.3. The van der Waals surface area contributed by atoms with Crippen molar-refractivity contribution in [1.82, 2.24) is 0 Å². The molecule has 1 aromatic heterocycles. The van der Waals surface area contributed by atoms with Crippen LogP contribution in [0.2, 0.25) is 0 Å². The van der Waals surface area contributed by atoms with Crippen LogP contribution in [0.4, 0.5) is 0 Å². The third-order valence-electron chi connectivity index (χ3n) is 5.07. The lowest BCUT2D eigenvalue weighted by atomic mass is 9.99. The molecule has 0 aliphatic carbocycles. The fourth-order valence-corrected chi connectivity index (χ4v) is 3.35. The van der Waals surface area contributed by atoms with Gasteiger partial charge in [0.2, 0.25) is 17.5 Å². The second kappa shape index (κ2) is 8.17. The second-order valence-electron chi connectivity index (χ2n) is 7.13. The van der Waals surface area contributed by atoms with Gasteiger partial charge in [0.05, 0.1) is 12.0 Å². The molecule has 1 aliphatic heterocycles. The van der Waals surface area contributed by atoms with Crippen molar-refractivity contribution in [3.63, 3.8) is 0 Å². The van der Waals surface area contributed by atoms with E-state index in [1.54, 1.807) is 0 Å². The Morgan fingerprint density at radius 3 is 2.32 bits per heavy atom. The van der Waals surface area contributed by atoms with Crippen LogP contribution in [-0.4, -0.2) is 68.0 Å². The fourth-order valence-electron chi connectivity index (χ4n) is 3.35. The lowest BCUT2D eigenvalue weighted by molar-refractivity contribution is -0.277. The van der Waals surface area contributed by atoms with Crippen LogP contribution in [0.3, 0.4) is 0 Å². The Balaban J connectivity index is 1.60. The van der Waals surface area contributed by atoms with Crippen LogP contribution in [0.5, 0.6) is 17.2 Å². The Bertz CT molecular complexity index is 1140. The van der Waals surface area contributed by atoms with Crippen molar-refractivity contribution in [2.75, 3.05) is 6.61 Å². The predicted molar refractivity (Wildman–Crippen MR) is 106 cm³/mol. The van der Waals surface area contributed by atoms with Gasteiger partial charge < -0.3 is 44.5 Å². The number of fused-ring (bicyclic) bond motifs is 1. The average molecular weight is 432 g/mol. The van der Waals surface area contributed by atoms with Crippen molar-refractivity contribution < 1.29 is 44.5 Å². The topological polar surface area (TPSA) is 170 Å². The molecule has 0 amide bonds. The Morgan fingerprint density at radius 1 is 0.935 bits per heavy atom.